The molecule has 0 saturated heterocycles. The van der Waals surface area contributed by atoms with E-state index in [-0.39, 0.29) is 5.56 Å². The van der Waals surface area contributed by atoms with Crippen LogP contribution in [0, 0.1) is 0 Å². The van der Waals surface area contributed by atoms with Gasteiger partial charge in [0.15, 0.2) is 0 Å². The topological polar surface area (TPSA) is 63.1 Å². The SMILES string of the molecule is O=C(O)c1csnc1-c1ccccn1. The normalized spacial score (nSPS) is 10.0. The summed E-state index contributed by atoms with van der Waals surface area (Å²) < 4.78 is 4.01. The number of aromatic nitrogens is 2. The average molecular weight is 206 g/mol. The molecule has 4 nitrogen and oxygen atoms in total. The molecule has 0 aliphatic heterocycles. The lowest BCUT2D eigenvalue weighted by atomic mass is 10.2. The first-order valence-corrected chi connectivity index (χ1v) is 4.72. The van der Waals surface area contributed by atoms with Crippen LogP contribution in [0.4, 0.5) is 0 Å². The quantitative estimate of drug-likeness (QED) is 0.815. The highest BCUT2D eigenvalue weighted by Crippen LogP contribution is 2.21. The van der Waals surface area contributed by atoms with Crippen molar-refractivity contribution in [3.8, 4) is 11.4 Å². The largest absolute Gasteiger partial charge is 0.478 e. The minimum absolute atomic E-state index is 0.203. The number of pyridine rings is 1. The number of rotatable bonds is 2. The summed E-state index contributed by atoms with van der Waals surface area (Å²) in [5, 5.41) is 10.4. The molecule has 0 amide bonds. The third-order valence-electron chi connectivity index (χ3n) is 1.71. The Hall–Kier alpha value is -1.75. The zero-order valence-electron chi connectivity index (χ0n) is 7.04. The molecule has 2 heterocycles. The highest BCUT2D eigenvalue weighted by Gasteiger charge is 2.14. The Balaban J connectivity index is 2.52. The minimum atomic E-state index is -0.973. The van der Waals surface area contributed by atoms with Gasteiger partial charge in [0.2, 0.25) is 0 Å². The molecule has 2 rings (SSSR count). The highest BCUT2D eigenvalue weighted by atomic mass is 32.1. The Morgan fingerprint density at radius 3 is 2.93 bits per heavy atom. The van der Waals surface area contributed by atoms with Gasteiger partial charge >= 0.3 is 5.97 Å². The summed E-state index contributed by atoms with van der Waals surface area (Å²) in [7, 11) is 0. The molecule has 1 N–H and O–H groups in total. The standard InChI is InChI=1S/C9H6N2O2S/c12-9(13)6-5-14-11-8(6)7-3-1-2-4-10-7/h1-5H,(H,12,13). The maximum absolute atomic E-state index is 10.8. The van der Waals surface area contributed by atoms with Gasteiger partial charge in [-0.25, -0.2) is 4.79 Å². The van der Waals surface area contributed by atoms with Gasteiger partial charge in [0, 0.05) is 11.6 Å². The third kappa shape index (κ3) is 1.49. The molecule has 0 saturated carbocycles. The Bertz CT molecular complexity index is 453. The van der Waals surface area contributed by atoms with Crippen LogP contribution in [0.25, 0.3) is 11.4 Å². The van der Waals surface area contributed by atoms with Crippen molar-refractivity contribution in [3.63, 3.8) is 0 Å². The molecular weight excluding hydrogens is 200 g/mol. The van der Waals surface area contributed by atoms with E-state index < -0.39 is 5.97 Å². The molecule has 0 aliphatic rings. The second-order valence-electron chi connectivity index (χ2n) is 2.60. The van der Waals surface area contributed by atoms with E-state index in [0.29, 0.717) is 11.4 Å². The average Bonchev–Trinajstić information content (AvgIpc) is 2.67. The molecule has 0 unspecified atom stereocenters. The van der Waals surface area contributed by atoms with E-state index in [1.165, 1.54) is 5.38 Å². The highest BCUT2D eigenvalue weighted by molar-refractivity contribution is 7.04. The molecule has 0 radical (unpaired) electrons. The first kappa shape index (κ1) is 8.83. The van der Waals surface area contributed by atoms with Gasteiger partial charge in [-0.2, -0.15) is 4.37 Å². The first-order chi connectivity index (χ1) is 6.79. The number of carbonyl (C=O) groups is 1. The van der Waals surface area contributed by atoms with E-state index in [0.717, 1.165) is 11.5 Å². The second-order valence-corrected chi connectivity index (χ2v) is 3.23. The first-order valence-electron chi connectivity index (χ1n) is 3.88. The molecular formula is C9H6N2O2S. The lowest BCUT2D eigenvalue weighted by Gasteiger charge is -1.96. The predicted molar refractivity (Wildman–Crippen MR) is 52.3 cm³/mol. The maximum Gasteiger partial charge on any atom is 0.338 e. The van der Waals surface area contributed by atoms with Crippen LogP contribution >= 0.6 is 11.5 Å². The van der Waals surface area contributed by atoms with E-state index in [4.69, 9.17) is 5.11 Å². The molecule has 14 heavy (non-hydrogen) atoms. The molecule has 2 aromatic rings. The zero-order chi connectivity index (χ0) is 9.97. The van der Waals surface area contributed by atoms with Crippen LogP contribution in [-0.4, -0.2) is 20.4 Å². The summed E-state index contributed by atoms with van der Waals surface area (Å²) in [6.07, 6.45) is 1.61. The second kappa shape index (κ2) is 3.55. The fraction of sp³-hybridized carbons (Fsp3) is 0. The van der Waals surface area contributed by atoms with E-state index >= 15 is 0 Å². The molecule has 5 heteroatoms. The van der Waals surface area contributed by atoms with Crippen LogP contribution < -0.4 is 0 Å². The van der Waals surface area contributed by atoms with Gasteiger partial charge in [-0.05, 0) is 23.7 Å². The Morgan fingerprint density at radius 1 is 1.43 bits per heavy atom. The summed E-state index contributed by atoms with van der Waals surface area (Å²) in [6, 6.07) is 5.31. The number of carboxylic acids is 1. The van der Waals surface area contributed by atoms with E-state index in [1.54, 1.807) is 24.4 Å². The van der Waals surface area contributed by atoms with Crippen molar-refractivity contribution in [2.45, 2.75) is 0 Å². The summed E-state index contributed by atoms with van der Waals surface area (Å²) in [5.74, 6) is -0.973. The van der Waals surface area contributed by atoms with Gasteiger partial charge in [-0.3, -0.25) is 4.98 Å². The van der Waals surface area contributed by atoms with Crippen molar-refractivity contribution in [1.29, 1.82) is 0 Å². The van der Waals surface area contributed by atoms with Crippen LogP contribution in [0.1, 0.15) is 10.4 Å². The monoisotopic (exact) mass is 206 g/mol. The maximum atomic E-state index is 10.8. The lowest BCUT2D eigenvalue weighted by Crippen LogP contribution is -1.97. The van der Waals surface area contributed by atoms with Crippen molar-refractivity contribution < 1.29 is 9.90 Å². The van der Waals surface area contributed by atoms with Crippen LogP contribution in [0.15, 0.2) is 29.8 Å². The molecule has 2 aromatic heterocycles. The zero-order valence-corrected chi connectivity index (χ0v) is 7.86. The van der Waals surface area contributed by atoms with Gasteiger partial charge in [0.25, 0.3) is 0 Å². The number of hydrogen-bond acceptors (Lipinski definition) is 4. The number of carboxylic acid groups (broad SMARTS) is 1. The molecule has 0 atom stereocenters. The van der Waals surface area contributed by atoms with Gasteiger partial charge in [0.05, 0.1) is 11.3 Å². The van der Waals surface area contributed by atoms with Gasteiger partial charge in [0.1, 0.15) is 5.69 Å². The lowest BCUT2D eigenvalue weighted by molar-refractivity contribution is 0.0698. The number of nitrogens with zero attached hydrogens (tertiary/aromatic N) is 2. The molecule has 0 aromatic carbocycles. The summed E-state index contributed by atoms with van der Waals surface area (Å²) >= 11 is 1.12. The van der Waals surface area contributed by atoms with Crippen molar-refractivity contribution in [2.75, 3.05) is 0 Å². The van der Waals surface area contributed by atoms with Gasteiger partial charge in [-0.1, -0.05) is 6.07 Å². The van der Waals surface area contributed by atoms with Crippen LogP contribution in [0.2, 0.25) is 0 Å². The Labute approximate surface area is 84.0 Å². The Kier molecular flexibility index (Phi) is 2.24. The fourth-order valence-electron chi connectivity index (χ4n) is 1.08. The smallest absolute Gasteiger partial charge is 0.338 e. The minimum Gasteiger partial charge on any atom is -0.478 e. The van der Waals surface area contributed by atoms with Crippen molar-refractivity contribution in [2.24, 2.45) is 0 Å². The number of hydrogen-bond donors (Lipinski definition) is 1. The van der Waals surface area contributed by atoms with Crippen LogP contribution in [0.3, 0.4) is 0 Å². The van der Waals surface area contributed by atoms with E-state index in [9.17, 15) is 4.79 Å². The summed E-state index contributed by atoms with van der Waals surface area (Å²) in [6.45, 7) is 0. The summed E-state index contributed by atoms with van der Waals surface area (Å²) in [5.41, 5.74) is 1.22. The third-order valence-corrected chi connectivity index (χ3v) is 2.34. The molecule has 0 aliphatic carbocycles. The van der Waals surface area contributed by atoms with Crippen molar-refractivity contribution in [1.82, 2.24) is 9.36 Å². The fourth-order valence-corrected chi connectivity index (χ4v) is 1.74. The van der Waals surface area contributed by atoms with E-state index in [1.807, 2.05) is 0 Å². The molecule has 0 bridgehead atoms. The van der Waals surface area contributed by atoms with Gasteiger partial charge in [-0.15, -0.1) is 0 Å². The van der Waals surface area contributed by atoms with Crippen molar-refractivity contribution in [3.05, 3.63) is 35.3 Å². The molecule has 70 valence electrons. The Morgan fingerprint density at radius 2 is 2.29 bits per heavy atom. The van der Waals surface area contributed by atoms with Crippen molar-refractivity contribution >= 4 is 17.5 Å². The van der Waals surface area contributed by atoms with Crippen LogP contribution in [0.5, 0.6) is 0 Å². The molecule has 0 fully saturated rings. The molecule has 0 spiro atoms. The predicted octanol–water partition coefficient (Wildman–Crippen LogP) is 1.90. The van der Waals surface area contributed by atoms with Gasteiger partial charge < -0.3 is 5.11 Å². The summed E-state index contributed by atoms with van der Waals surface area (Å²) in [4.78, 5) is 14.8. The van der Waals surface area contributed by atoms with E-state index in [2.05, 4.69) is 9.36 Å². The number of aromatic carboxylic acids is 1. The van der Waals surface area contributed by atoms with Crippen LogP contribution in [-0.2, 0) is 0 Å².